The van der Waals surface area contributed by atoms with Crippen molar-refractivity contribution in [2.24, 2.45) is 5.92 Å². The molecule has 2 unspecified atom stereocenters. The van der Waals surface area contributed by atoms with E-state index in [1.807, 2.05) is 18.2 Å². The number of carbonyl (C=O) groups excluding carboxylic acids is 1. The summed E-state index contributed by atoms with van der Waals surface area (Å²) in [4.78, 5) is 11.5. The molecule has 1 aromatic rings. The third-order valence-corrected chi connectivity index (χ3v) is 3.86. The fraction of sp³-hybridized carbons (Fsp3) is 0.500. The number of fused-ring (bicyclic) bond motifs is 1. The van der Waals surface area contributed by atoms with Crippen molar-refractivity contribution in [3.8, 4) is 5.75 Å². The number of benzene rings is 1. The summed E-state index contributed by atoms with van der Waals surface area (Å²) in [6, 6.07) is 5.64. The zero-order chi connectivity index (χ0) is 13.8. The molecule has 2 atom stereocenters. The van der Waals surface area contributed by atoms with Crippen LogP contribution in [0.1, 0.15) is 23.6 Å². The molecule has 1 aliphatic rings. The maximum atomic E-state index is 11.5. The zero-order valence-corrected chi connectivity index (χ0v) is 11.6. The van der Waals surface area contributed by atoms with Gasteiger partial charge in [0.05, 0.1) is 13.2 Å². The molecule has 0 saturated heterocycles. The summed E-state index contributed by atoms with van der Waals surface area (Å²) in [6.45, 7) is 0.0543. The first-order valence-corrected chi connectivity index (χ1v) is 6.86. The predicted molar refractivity (Wildman–Crippen MR) is 73.5 cm³/mol. The van der Waals surface area contributed by atoms with Gasteiger partial charge in [-0.1, -0.05) is 6.07 Å². The van der Waals surface area contributed by atoms with E-state index >= 15 is 0 Å². The number of ether oxygens (including phenoxy) is 1. The fourth-order valence-electron chi connectivity index (χ4n) is 2.59. The Morgan fingerprint density at radius 1 is 1.58 bits per heavy atom. The molecule has 0 radical (unpaired) electrons. The average molecular weight is 284 g/mol. The number of nitrogens with one attached hydrogen (secondary N) is 1. The third kappa shape index (κ3) is 3.01. The van der Waals surface area contributed by atoms with E-state index in [2.05, 4.69) is 5.32 Å². The molecule has 0 saturated carbocycles. The van der Waals surface area contributed by atoms with Gasteiger partial charge in [-0.15, -0.1) is 11.6 Å². The Balaban J connectivity index is 2.31. The predicted octanol–water partition coefficient (Wildman–Crippen LogP) is 1.65. The molecule has 4 nitrogen and oxygen atoms in total. The lowest BCUT2D eigenvalue weighted by atomic mass is 9.80. The van der Waals surface area contributed by atoms with E-state index in [0.29, 0.717) is 0 Å². The number of methoxy groups -OCH3 is 1. The van der Waals surface area contributed by atoms with Gasteiger partial charge >= 0.3 is 0 Å². The van der Waals surface area contributed by atoms with Crippen LogP contribution in [0.25, 0.3) is 0 Å². The lowest BCUT2D eigenvalue weighted by molar-refractivity contribution is -0.120. The highest BCUT2D eigenvalue weighted by Crippen LogP contribution is 2.36. The molecular weight excluding hydrogens is 266 g/mol. The molecule has 5 heteroatoms. The minimum absolute atomic E-state index is 0.0352. The second-order valence-electron chi connectivity index (χ2n) is 4.72. The highest BCUT2D eigenvalue weighted by molar-refractivity contribution is 6.27. The van der Waals surface area contributed by atoms with Gasteiger partial charge in [-0.2, -0.15) is 0 Å². The van der Waals surface area contributed by atoms with Gasteiger partial charge in [-0.25, -0.2) is 0 Å². The molecule has 0 aromatic heterocycles. The van der Waals surface area contributed by atoms with E-state index in [4.69, 9.17) is 16.3 Å². The number of hydrogen-bond acceptors (Lipinski definition) is 3. The number of alkyl halides is 1. The van der Waals surface area contributed by atoms with Crippen LogP contribution in [0.2, 0.25) is 0 Å². The monoisotopic (exact) mass is 283 g/mol. The molecule has 104 valence electrons. The van der Waals surface area contributed by atoms with E-state index in [-0.39, 0.29) is 30.4 Å². The Hall–Kier alpha value is -1.26. The van der Waals surface area contributed by atoms with E-state index in [9.17, 15) is 9.90 Å². The molecular formula is C14H18ClNO3. The zero-order valence-electron chi connectivity index (χ0n) is 10.9. The Bertz CT molecular complexity index is 464. The highest BCUT2D eigenvalue weighted by Gasteiger charge is 2.30. The van der Waals surface area contributed by atoms with Crippen molar-refractivity contribution in [3.63, 3.8) is 0 Å². The lowest BCUT2D eigenvalue weighted by Crippen LogP contribution is -2.38. The van der Waals surface area contributed by atoms with Gasteiger partial charge in [-0.05, 0) is 36.1 Å². The highest BCUT2D eigenvalue weighted by atomic mass is 35.5. The normalized spacial score (nSPS) is 21.6. The van der Waals surface area contributed by atoms with Crippen LogP contribution >= 0.6 is 11.6 Å². The topological polar surface area (TPSA) is 58.6 Å². The van der Waals surface area contributed by atoms with Crippen molar-refractivity contribution < 1.29 is 14.6 Å². The van der Waals surface area contributed by atoms with Crippen LogP contribution in [0, 0.1) is 5.92 Å². The van der Waals surface area contributed by atoms with Gasteiger partial charge in [0.1, 0.15) is 11.6 Å². The Labute approximate surface area is 117 Å². The standard InChI is InChI=1S/C14H18ClNO3/c1-19-11-4-5-12-9(6-11)2-3-10(8-17)14(12)16-13(18)7-15/h4-6,10,14,17H,2-3,7-8H2,1H3,(H,16,18). The van der Waals surface area contributed by atoms with Crippen molar-refractivity contribution in [1.29, 1.82) is 0 Å². The Kier molecular flexibility index (Phi) is 4.66. The van der Waals surface area contributed by atoms with Crippen LogP contribution in [0.5, 0.6) is 5.75 Å². The summed E-state index contributed by atoms with van der Waals surface area (Å²) >= 11 is 5.54. The number of amides is 1. The summed E-state index contributed by atoms with van der Waals surface area (Å²) in [5.41, 5.74) is 2.20. The van der Waals surface area contributed by atoms with Crippen molar-refractivity contribution in [2.45, 2.75) is 18.9 Å². The Morgan fingerprint density at radius 3 is 3.00 bits per heavy atom. The minimum Gasteiger partial charge on any atom is -0.497 e. The minimum atomic E-state index is -0.214. The summed E-state index contributed by atoms with van der Waals surface area (Å²) in [7, 11) is 1.63. The molecule has 1 aromatic carbocycles. The molecule has 2 N–H and O–H groups in total. The number of hydrogen-bond donors (Lipinski definition) is 2. The second-order valence-corrected chi connectivity index (χ2v) is 4.99. The van der Waals surface area contributed by atoms with Crippen molar-refractivity contribution in [3.05, 3.63) is 29.3 Å². The lowest BCUT2D eigenvalue weighted by Gasteiger charge is -2.33. The van der Waals surface area contributed by atoms with Crippen molar-refractivity contribution in [2.75, 3.05) is 19.6 Å². The summed E-state index contributed by atoms with van der Waals surface area (Å²) in [6.07, 6.45) is 1.72. The van der Waals surface area contributed by atoms with Crippen molar-refractivity contribution >= 4 is 17.5 Å². The number of aliphatic hydroxyl groups excluding tert-OH is 1. The molecule has 0 aliphatic heterocycles. The molecule has 1 amide bonds. The van der Waals surface area contributed by atoms with Gasteiger partial charge in [0.25, 0.3) is 0 Å². The smallest absolute Gasteiger partial charge is 0.235 e. The third-order valence-electron chi connectivity index (χ3n) is 3.61. The fourth-order valence-corrected chi connectivity index (χ4v) is 2.67. The van der Waals surface area contributed by atoms with Gasteiger partial charge in [0.15, 0.2) is 0 Å². The average Bonchev–Trinajstić information content (AvgIpc) is 2.46. The van der Waals surface area contributed by atoms with E-state index in [1.54, 1.807) is 7.11 Å². The summed E-state index contributed by atoms with van der Waals surface area (Å²) in [5, 5.41) is 12.4. The quantitative estimate of drug-likeness (QED) is 0.826. The first-order valence-electron chi connectivity index (χ1n) is 6.32. The van der Waals surface area contributed by atoms with Crippen LogP contribution in [-0.2, 0) is 11.2 Å². The number of carbonyl (C=O) groups is 1. The number of aryl methyl sites for hydroxylation is 1. The number of rotatable bonds is 4. The molecule has 1 aliphatic carbocycles. The van der Waals surface area contributed by atoms with Gasteiger partial charge in [0, 0.05) is 12.5 Å². The second kappa shape index (κ2) is 6.26. The molecule has 0 spiro atoms. The van der Waals surface area contributed by atoms with Gasteiger partial charge in [-0.3, -0.25) is 4.79 Å². The number of halogens is 1. The van der Waals surface area contributed by atoms with E-state index in [1.165, 1.54) is 0 Å². The first-order chi connectivity index (χ1) is 9.19. The molecule has 19 heavy (non-hydrogen) atoms. The van der Waals surface area contributed by atoms with Crippen molar-refractivity contribution in [1.82, 2.24) is 5.32 Å². The van der Waals surface area contributed by atoms with Gasteiger partial charge in [0.2, 0.25) is 5.91 Å². The summed E-state index contributed by atoms with van der Waals surface area (Å²) in [5.74, 6) is 0.561. The molecule has 2 rings (SSSR count). The largest absolute Gasteiger partial charge is 0.497 e. The maximum Gasteiger partial charge on any atom is 0.235 e. The van der Waals surface area contributed by atoms with Crippen LogP contribution in [0.15, 0.2) is 18.2 Å². The molecule has 0 bridgehead atoms. The van der Waals surface area contributed by atoms with Crippen LogP contribution in [0.4, 0.5) is 0 Å². The van der Waals surface area contributed by atoms with Crippen LogP contribution in [0.3, 0.4) is 0 Å². The SMILES string of the molecule is COc1ccc2c(c1)CCC(CO)C2NC(=O)CCl. The summed E-state index contributed by atoms with van der Waals surface area (Å²) < 4.78 is 5.21. The molecule has 0 heterocycles. The van der Waals surface area contributed by atoms with Crippen LogP contribution < -0.4 is 10.1 Å². The first kappa shape index (κ1) is 14.2. The van der Waals surface area contributed by atoms with E-state index in [0.717, 1.165) is 29.7 Å². The maximum absolute atomic E-state index is 11.5. The van der Waals surface area contributed by atoms with Crippen LogP contribution in [-0.4, -0.2) is 30.6 Å². The number of aliphatic hydroxyl groups is 1. The van der Waals surface area contributed by atoms with E-state index < -0.39 is 0 Å². The van der Waals surface area contributed by atoms with Gasteiger partial charge < -0.3 is 15.2 Å². The Morgan fingerprint density at radius 2 is 2.37 bits per heavy atom. The molecule has 0 fully saturated rings.